The first-order valence-corrected chi connectivity index (χ1v) is 5.96. The highest BCUT2D eigenvalue weighted by molar-refractivity contribution is 5.66. The zero-order valence-corrected chi connectivity index (χ0v) is 10.7. The van der Waals surface area contributed by atoms with E-state index >= 15 is 0 Å². The molecular formula is C12H23NO3. The summed E-state index contributed by atoms with van der Waals surface area (Å²) < 4.78 is 10.4. The summed E-state index contributed by atoms with van der Waals surface area (Å²) in [5.74, 6) is 0.212. The highest BCUT2D eigenvalue weighted by atomic mass is 16.5. The van der Waals surface area contributed by atoms with Gasteiger partial charge in [0.25, 0.3) is 0 Å². The zero-order chi connectivity index (χ0) is 12.1. The molecule has 0 saturated carbocycles. The number of methoxy groups -OCH3 is 1. The van der Waals surface area contributed by atoms with Crippen LogP contribution < -0.4 is 0 Å². The number of carbonyl (C=O) groups excluding carboxylic acids is 1. The lowest BCUT2D eigenvalue weighted by Crippen LogP contribution is -2.50. The summed E-state index contributed by atoms with van der Waals surface area (Å²) in [6, 6.07) is 0.438. The van der Waals surface area contributed by atoms with E-state index in [9.17, 15) is 4.79 Å². The van der Waals surface area contributed by atoms with Gasteiger partial charge in [-0.25, -0.2) is 0 Å². The van der Waals surface area contributed by atoms with E-state index in [-0.39, 0.29) is 12.1 Å². The van der Waals surface area contributed by atoms with Crippen molar-refractivity contribution in [3.63, 3.8) is 0 Å². The molecule has 0 spiro atoms. The minimum Gasteiger partial charge on any atom is -0.462 e. The minimum atomic E-state index is -0.172. The smallest absolute Gasteiger partial charge is 0.302 e. The number of esters is 1. The SMILES string of the molecule is COCCN1CC[C@H](OC(C)=O)[C@H](C)[C@H]1C. The van der Waals surface area contributed by atoms with Crippen LogP contribution >= 0.6 is 0 Å². The average Bonchev–Trinajstić information content (AvgIpc) is 2.23. The fourth-order valence-corrected chi connectivity index (χ4v) is 2.31. The Kier molecular flexibility index (Phi) is 5.22. The summed E-state index contributed by atoms with van der Waals surface area (Å²) in [7, 11) is 1.72. The van der Waals surface area contributed by atoms with Crippen LogP contribution in [-0.2, 0) is 14.3 Å². The molecule has 0 amide bonds. The van der Waals surface area contributed by atoms with Gasteiger partial charge in [0.05, 0.1) is 6.61 Å². The molecule has 1 aliphatic rings. The number of nitrogens with zero attached hydrogens (tertiary/aromatic N) is 1. The summed E-state index contributed by atoms with van der Waals surface area (Å²) in [6.45, 7) is 8.51. The minimum absolute atomic E-state index is 0.0753. The Morgan fingerprint density at radius 2 is 2.12 bits per heavy atom. The Labute approximate surface area is 97.9 Å². The highest BCUT2D eigenvalue weighted by Gasteiger charge is 2.33. The molecule has 0 bridgehead atoms. The maximum atomic E-state index is 11.0. The van der Waals surface area contributed by atoms with Gasteiger partial charge < -0.3 is 9.47 Å². The number of hydrogen-bond acceptors (Lipinski definition) is 4. The largest absolute Gasteiger partial charge is 0.462 e. The first-order chi connectivity index (χ1) is 7.56. The fourth-order valence-electron chi connectivity index (χ4n) is 2.31. The lowest BCUT2D eigenvalue weighted by molar-refractivity contribution is -0.153. The van der Waals surface area contributed by atoms with Crippen molar-refractivity contribution >= 4 is 5.97 Å². The van der Waals surface area contributed by atoms with Crippen LogP contribution in [0.5, 0.6) is 0 Å². The standard InChI is InChI=1S/C12H23NO3/c1-9-10(2)13(7-8-15-4)6-5-12(9)16-11(3)14/h9-10,12H,5-8H2,1-4H3/t9-,10-,12+/m1/s1. The van der Waals surface area contributed by atoms with E-state index in [1.807, 2.05) is 0 Å². The second-order valence-electron chi connectivity index (χ2n) is 4.57. The molecule has 0 N–H and O–H groups in total. The first-order valence-electron chi connectivity index (χ1n) is 5.96. The van der Waals surface area contributed by atoms with Gasteiger partial charge in [-0.1, -0.05) is 6.92 Å². The number of carbonyl (C=O) groups is 1. The lowest BCUT2D eigenvalue weighted by Gasteiger charge is -2.41. The summed E-state index contributed by atoms with van der Waals surface area (Å²) in [5.41, 5.74) is 0. The topological polar surface area (TPSA) is 38.8 Å². The molecule has 4 heteroatoms. The van der Waals surface area contributed by atoms with Crippen molar-refractivity contribution in [2.45, 2.75) is 39.3 Å². The number of likely N-dealkylation sites (tertiary alicyclic amines) is 1. The lowest BCUT2D eigenvalue weighted by atomic mass is 9.89. The third-order valence-electron chi connectivity index (χ3n) is 3.52. The van der Waals surface area contributed by atoms with E-state index in [0.29, 0.717) is 12.0 Å². The van der Waals surface area contributed by atoms with E-state index < -0.39 is 0 Å². The van der Waals surface area contributed by atoms with Gasteiger partial charge in [0, 0.05) is 39.1 Å². The quantitative estimate of drug-likeness (QED) is 0.681. The molecule has 1 fully saturated rings. The maximum Gasteiger partial charge on any atom is 0.302 e. The number of hydrogen-bond donors (Lipinski definition) is 0. The van der Waals surface area contributed by atoms with Crippen LogP contribution in [0.25, 0.3) is 0 Å². The molecule has 1 aliphatic heterocycles. The van der Waals surface area contributed by atoms with Gasteiger partial charge >= 0.3 is 5.97 Å². The zero-order valence-electron chi connectivity index (χ0n) is 10.7. The van der Waals surface area contributed by atoms with Crippen LogP contribution in [0.15, 0.2) is 0 Å². The molecule has 4 nitrogen and oxygen atoms in total. The first kappa shape index (κ1) is 13.5. The molecule has 0 unspecified atom stereocenters. The van der Waals surface area contributed by atoms with Crippen LogP contribution in [0.2, 0.25) is 0 Å². The average molecular weight is 229 g/mol. The predicted molar refractivity (Wildman–Crippen MR) is 62.2 cm³/mol. The molecule has 1 heterocycles. The summed E-state index contributed by atoms with van der Waals surface area (Å²) >= 11 is 0. The second-order valence-corrected chi connectivity index (χ2v) is 4.57. The summed E-state index contributed by atoms with van der Waals surface area (Å²) in [4.78, 5) is 13.4. The summed E-state index contributed by atoms with van der Waals surface area (Å²) in [5, 5.41) is 0. The third-order valence-corrected chi connectivity index (χ3v) is 3.52. The molecule has 0 radical (unpaired) electrons. The van der Waals surface area contributed by atoms with Gasteiger partial charge in [0.1, 0.15) is 6.10 Å². The highest BCUT2D eigenvalue weighted by Crippen LogP contribution is 2.25. The van der Waals surface area contributed by atoms with E-state index in [1.165, 1.54) is 6.92 Å². The Balaban J connectivity index is 2.47. The Morgan fingerprint density at radius 1 is 1.44 bits per heavy atom. The van der Waals surface area contributed by atoms with Crippen molar-refractivity contribution in [3.05, 3.63) is 0 Å². The van der Waals surface area contributed by atoms with E-state index in [0.717, 1.165) is 26.1 Å². The van der Waals surface area contributed by atoms with Crippen LogP contribution in [0.4, 0.5) is 0 Å². The van der Waals surface area contributed by atoms with Crippen LogP contribution in [0, 0.1) is 5.92 Å². The normalized spacial score (nSPS) is 31.4. The van der Waals surface area contributed by atoms with Gasteiger partial charge in [-0.2, -0.15) is 0 Å². The van der Waals surface area contributed by atoms with E-state index in [2.05, 4.69) is 18.7 Å². The Bertz CT molecular complexity index is 232. The van der Waals surface area contributed by atoms with Crippen molar-refractivity contribution in [1.82, 2.24) is 4.90 Å². The van der Waals surface area contributed by atoms with Gasteiger partial charge in [-0.3, -0.25) is 9.69 Å². The summed E-state index contributed by atoms with van der Waals surface area (Å²) in [6.07, 6.45) is 1.00. The molecule has 3 atom stereocenters. The molecule has 0 aliphatic carbocycles. The number of rotatable bonds is 4. The maximum absolute atomic E-state index is 11.0. The molecule has 94 valence electrons. The molecule has 16 heavy (non-hydrogen) atoms. The molecule has 1 saturated heterocycles. The Hall–Kier alpha value is -0.610. The van der Waals surface area contributed by atoms with Crippen molar-refractivity contribution < 1.29 is 14.3 Å². The van der Waals surface area contributed by atoms with Crippen LogP contribution in [0.3, 0.4) is 0 Å². The van der Waals surface area contributed by atoms with Crippen LogP contribution in [0.1, 0.15) is 27.2 Å². The number of ether oxygens (including phenoxy) is 2. The molecule has 0 aromatic heterocycles. The van der Waals surface area contributed by atoms with E-state index in [1.54, 1.807) is 7.11 Å². The molecule has 0 aromatic carbocycles. The van der Waals surface area contributed by atoms with Crippen molar-refractivity contribution in [3.8, 4) is 0 Å². The Morgan fingerprint density at radius 3 is 2.69 bits per heavy atom. The van der Waals surface area contributed by atoms with Crippen molar-refractivity contribution in [2.75, 3.05) is 26.8 Å². The monoisotopic (exact) mass is 229 g/mol. The molecule has 1 rings (SSSR count). The van der Waals surface area contributed by atoms with Gasteiger partial charge in [-0.15, -0.1) is 0 Å². The fraction of sp³-hybridized carbons (Fsp3) is 0.917. The predicted octanol–water partition coefficient (Wildman–Crippen LogP) is 1.29. The molecular weight excluding hydrogens is 206 g/mol. The number of piperidine rings is 1. The molecule has 0 aromatic rings. The van der Waals surface area contributed by atoms with Gasteiger partial charge in [0.2, 0.25) is 0 Å². The van der Waals surface area contributed by atoms with Gasteiger partial charge in [0.15, 0.2) is 0 Å². The second kappa shape index (κ2) is 6.21. The third kappa shape index (κ3) is 3.46. The van der Waals surface area contributed by atoms with Crippen LogP contribution in [-0.4, -0.2) is 49.8 Å². The van der Waals surface area contributed by atoms with Crippen molar-refractivity contribution in [1.29, 1.82) is 0 Å². The van der Waals surface area contributed by atoms with Crippen molar-refractivity contribution in [2.24, 2.45) is 5.92 Å². The van der Waals surface area contributed by atoms with Gasteiger partial charge in [-0.05, 0) is 13.3 Å². The van der Waals surface area contributed by atoms with E-state index in [4.69, 9.17) is 9.47 Å².